The Labute approximate surface area is 116 Å². The predicted molar refractivity (Wildman–Crippen MR) is 70.8 cm³/mol. The summed E-state index contributed by atoms with van der Waals surface area (Å²) in [6.45, 7) is 4.16. The smallest absolute Gasteiger partial charge is 0.331 e. The molecule has 0 spiro atoms. The van der Waals surface area contributed by atoms with Gasteiger partial charge in [0.1, 0.15) is 5.82 Å². The number of fused-ring (bicyclic) bond motifs is 1. The summed E-state index contributed by atoms with van der Waals surface area (Å²) in [6.07, 6.45) is 1.97. The maximum atomic E-state index is 12.2. The molecule has 0 bridgehead atoms. The molecule has 1 aliphatic heterocycles. The van der Waals surface area contributed by atoms with Crippen molar-refractivity contribution in [2.75, 3.05) is 7.05 Å². The van der Waals surface area contributed by atoms with E-state index in [2.05, 4.69) is 10.2 Å². The molecule has 1 amide bonds. The summed E-state index contributed by atoms with van der Waals surface area (Å²) in [4.78, 5) is 24.5. The molecule has 2 heterocycles. The molecule has 0 saturated heterocycles. The van der Waals surface area contributed by atoms with Crippen LogP contribution in [0.25, 0.3) is 0 Å². The number of nitrogens with zero attached hydrogens (tertiary/aromatic N) is 4. The van der Waals surface area contributed by atoms with Crippen molar-refractivity contribution in [2.24, 2.45) is 0 Å². The van der Waals surface area contributed by atoms with Crippen LogP contribution in [0.5, 0.6) is 0 Å². The molecule has 1 aromatic rings. The van der Waals surface area contributed by atoms with Crippen LogP contribution in [-0.4, -0.2) is 43.7 Å². The van der Waals surface area contributed by atoms with Gasteiger partial charge in [0.15, 0.2) is 5.82 Å². The molecule has 1 aliphatic rings. The highest BCUT2D eigenvalue weighted by Crippen LogP contribution is 2.16. The van der Waals surface area contributed by atoms with Crippen molar-refractivity contribution >= 4 is 11.9 Å². The minimum Gasteiger partial charge on any atom is -0.478 e. The Hall–Kier alpha value is -2.18. The molecule has 108 valence electrons. The Bertz CT molecular complexity index is 588. The van der Waals surface area contributed by atoms with Gasteiger partial charge in [-0.2, -0.15) is 0 Å². The lowest BCUT2D eigenvalue weighted by Crippen LogP contribution is -2.29. The highest BCUT2D eigenvalue weighted by atomic mass is 16.4. The molecule has 0 saturated carbocycles. The second-order valence-electron chi connectivity index (χ2n) is 5.00. The average Bonchev–Trinajstić information content (AvgIpc) is 3.00. The molecule has 0 aliphatic carbocycles. The van der Waals surface area contributed by atoms with Gasteiger partial charge in [0.2, 0.25) is 5.91 Å². The molecular formula is C13H18N4O3. The number of hydrogen-bond acceptors (Lipinski definition) is 4. The molecule has 0 unspecified atom stereocenters. The van der Waals surface area contributed by atoms with E-state index in [0.717, 1.165) is 31.0 Å². The van der Waals surface area contributed by atoms with Crippen LogP contribution in [0.4, 0.5) is 0 Å². The van der Waals surface area contributed by atoms with Crippen molar-refractivity contribution in [1.82, 2.24) is 19.7 Å². The number of carboxylic acids is 1. The highest BCUT2D eigenvalue weighted by Gasteiger charge is 2.21. The third kappa shape index (κ3) is 2.56. The zero-order valence-electron chi connectivity index (χ0n) is 11.9. The quantitative estimate of drug-likeness (QED) is 0.815. The fourth-order valence-corrected chi connectivity index (χ4v) is 2.22. The number of likely N-dealkylation sites (N-methyl/N-ethyl adjacent to an activating group) is 1. The maximum Gasteiger partial charge on any atom is 0.331 e. The second kappa shape index (κ2) is 5.44. The van der Waals surface area contributed by atoms with Crippen LogP contribution in [0, 0.1) is 0 Å². The maximum absolute atomic E-state index is 12.2. The zero-order chi connectivity index (χ0) is 14.9. The van der Waals surface area contributed by atoms with Crippen LogP contribution in [0.15, 0.2) is 11.1 Å². The molecule has 7 nitrogen and oxygen atoms in total. The summed E-state index contributed by atoms with van der Waals surface area (Å²) >= 11 is 0. The summed E-state index contributed by atoms with van der Waals surface area (Å²) in [5.74, 6) is 0.317. The Balaban J connectivity index is 2.12. The van der Waals surface area contributed by atoms with Gasteiger partial charge in [0, 0.05) is 31.2 Å². The van der Waals surface area contributed by atoms with Crippen molar-refractivity contribution in [3.05, 3.63) is 22.8 Å². The van der Waals surface area contributed by atoms with Gasteiger partial charge in [-0.05, 0) is 20.3 Å². The van der Waals surface area contributed by atoms with Gasteiger partial charge in [0.05, 0.1) is 6.54 Å². The van der Waals surface area contributed by atoms with Gasteiger partial charge in [0.25, 0.3) is 0 Å². The lowest BCUT2D eigenvalue weighted by Gasteiger charge is -2.17. The molecule has 0 atom stereocenters. The number of rotatable bonds is 4. The van der Waals surface area contributed by atoms with E-state index in [-0.39, 0.29) is 17.1 Å². The second-order valence-corrected chi connectivity index (χ2v) is 5.00. The largest absolute Gasteiger partial charge is 0.478 e. The zero-order valence-corrected chi connectivity index (χ0v) is 11.9. The molecular weight excluding hydrogens is 260 g/mol. The normalized spacial score (nSPS) is 14.8. The summed E-state index contributed by atoms with van der Waals surface area (Å²) < 4.78 is 2.02. The van der Waals surface area contributed by atoms with Crippen LogP contribution in [0.1, 0.15) is 31.9 Å². The average molecular weight is 278 g/mol. The fraction of sp³-hybridized carbons (Fsp3) is 0.538. The first-order chi connectivity index (χ1) is 9.41. The van der Waals surface area contributed by atoms with Crippen molar-refractivity contribution in [3.63, 3.8) is 0 Å². The minimum atomic E-state index is -1.08. The van der Waals surface area contributed by atoms with Crippen molar-refractivity contribution in [3.8, 4) is 0 Å². The van der Waals surface area contributed by atoms with E-state index in [0.29, 0.717) is 6.54 Å². The van der Waals surface area contributed by atoms with E-state index in [1.807, 2.05) is 4.57 Å². The Morgan fingerprint density at radius 3 is 2.65 bits per heavy atom. The summed E-state index contributed by atoms with van der Waals surface area (Å²) in [7, 11) is 1.64. The molecule has 1 aromatic heterocycles. The van der Waals surface area contributed by atoms with E-state index in [9.17, 15) is 9.59 Å². The topological polar surface area (TPSA) is 88.3 Å². The van der Waals surface area contributed by atoms with Crippen LogP contribution in [0.3, 0.4) is 0 Å². The number of aliphatic carboxylic acids is 1. The third-order valence-electron chi connectivity index (χ3n) is 3.62. The highest BCUT2D eigenvalue weighted by molar-refractivity contribution is 6.01. The number of amides is 1. The molecule has 7 heteroatoms. The van der Waals surface area contributed by atoms with Gasteiger partial charge in [-0.15, -0.1) is 10.2 Å². The molecule has 0 aromatic carbocycles. The van der Waals surface area contributed by atoms with E-state index < -0.39 is 5.97 Å². The van der Waals surface area contributed by atoms with Gasteiger partial charge in [-0.3, -0.25) is 4.79 Å². The van der Waals surface area contributed by atoms with Crippen molar-refractivity contribution in [1.29, 1.82) is 0 Å². The molecule has 20 heavy (non-hydrogen) atoms. The standard InChI is InChI=1S/C13H18N4O3/c1-8(9(2)13(19)20)12(18)16(3)7-11-15-14-10-5-4-6-17(10)11/h4-7H2,1-3H3,(H,19,20). The Morgan fingerprint density at radius 1 is 1.30 bits per heavy atom. The number of hydrogen-bond donors (Lipinski definition) is 1. The molecule has 0 radical (unpaired) electrons. The van der Waals surface area contributed by atoms with E-state index >= 15 is 0 Å². The van der Waals surface area contributed by atoms with Crippen LogP contribution in [-0.2, 0) is 29.1 Å². The Morgan fingerprint density at radius 2 is 2.00 bits per heavy atom. The molecule has 0 fully saturated rings. The Kier molecular flexibility index (Phi) is 3.87. The third-order valence-corrected chi connectivity index (χ3v) is 3.62. The van der Waals surface area contributed by atoms with Crippen LogP contribution >= 0.6 is 0 Å². The van der Waals surface area contributed by atoms with Crippen LogP contribution < -0.4 is 0 Å². The first-order valence-electron chi connectivity index (χ1n) is 6.49. The monoisotopic (exact) mass is 278 g/mol. The first-order valence-corrected chi connectivity index (χ1v) is 6.49. The van der Waals surface area contributed by atoms with E-state index in [1.54, 1.807) is 7.05 Å². The first kappa shape index (κ1) is 14.2. The summed E-state index contributed by atoms with van der Waals surface area (Å²) in [5, 5.41) is 17.1. The SMILES string of the molecule is CC(C(=O)O)=C(C)C(=O)N(C)Cc1nnc2n1CCC2. The predicted octanol–water partition coefficient (Wildman–Crippen LogP) is 0.604. The lowest BCUT2D eigenvalue weighted by molar-refractivity contribution is -0.133. The fourth-order valence-electron chi connectivity index (χ4n) is 2.22. The van der Waals surface area contributed by atoms with Gasteiger partial charge < -0.3 is 14.6 Å². The van der Waals surface area contributed by atoms with Crippen molar-refractivity contribution in [2.45, 2.75) is 39.8 Å². The minimum absolute atomic E-state index is 0.0633. The summed E-state index contributed by atoms with van der Waals surface area (Å²) in [6, 6.07) is 0. The number of aryl methyl sites for hydroxylation is 1. The van der Waals surface area contributed by atoms with Gasteiger partial charge in [-0.1, -0.05) is 0 Å². The number of carbonyl (C=O) groups excluding carboxylic acids is 1. The number of carboxylic acid groups (broad SMARTS) is 1. The number of aromatic nitrogens is 3. The van der Waals surface area contributed by atoms with Crippen molar-refractivity contribution < 1.29 is 14.7 Å². The lowest BCUT2D eigenvalue weighted by atomic mass is 10.1. The van der Waals surface area contributed by atoms with E-state index in [4.69, 9.17) is 5.11 Å². The van der Waals surface area contributed by atoms with Gasteiger partial charge in [-0.25, -0.2) is 4.79 Å². The molecule has 2 rings (SSSR count). The van der Waals surface area contributed by atoms with Crippen LogP contribution in [0.2, 0.25) is 0 Å². The molecule has 1 N–H and O–H groups in total. The number of carbonyl (C=O) groups is 2. The van der Waals surface area contributed by atoms with E-state index in [1.165, 1.54) is 18.7 Å². The summed E-state index contributed by atoms with van der Waals surface area (Å²) in [5.41, 5.74) is 0.300. The van der Waals surface area contributed by atoms with Gasteiger partial charge >= 0.3 is 5.97 Å².